The van der Waals surface area contributed by atoms with Crippen LogP contribution in [-0.4, -0.2) is 35.6 Å². The van der Waals surface area contributed by atoms with Crippen molar-refractivity contribution in [1.29, 1.82) is 0 Å². The fourth-order valence-corrected chi connectivity index (χ4v) is 6.00. The van der Waals surface area contributed by atoms with Crippen molar-refractivity contribution in [3.05, 3.63) is 23.8 Å². The van der Waals surface area contributed by atoms with Crippen LogP contribution in [0.1, 0.15) is 132 Å². The van der Waals surface area contributed by atoms with Gasteiger partial charge >= 0.3 is 0 Å². The molecule has 3 nitrogen and oxygen atoms in total. The molecule has 36 heavy (non-hydrogen) atoms. The molecular formula is C33H60O3. The summed E-state index contributed by atoms with van der Waals surface area (Å²) in [4.78, 5) is 0. The maximum atomic E-state index is 11.0. The van der Waals surface area contributed by atoms with E-state index < -0.39 is 11.7 Å². The third kappa shape index (κ3) is 11.0. The summed E-state index contributed by atoms with van der Waals surface area (Å²) in [7, 11) is 0. The Morgan fingerprint density at radius 1 is 1.06 bits per heavy atom. The molecule has 0 heterocycles. The molecular weight excluding hydrogens is 444 g/mol. The lowest BCUT2D eigenvalue weighted by Crippen LogP contribution is -2.43. The fraction of sp³-hybridized carbons (Fsp3) is 0.879. The highest BCUT2D eigenvalue weighted by molar-refractivity contribution is 5.09. The van der Waals surface area contributed by atoms with Crippen molar-refractivity contribution >= 4 is 0 Å². The van der Waals surface area contributed by atoms with Crippen molar-refractivity contribution in [1.82, 2.24) is 0 Å². The average molecular weight is 505 g/mol. The van der Waals surface area contributed by atoms with E-state index in [0.29, 0.717) is 17.8 Å². The zero-order chi connectivity index (χ0) is 26.8. The van der Waals surface area contributed by atoms with E-state index in [1.54, 1.807) is 0 Å². The minimum Gasteiger partial charge on any atom is -0.390 e. The first-order valence-corrected chi connectivity index (χ1v) is 15.2. The summed E-state index contributed by atoms with van der Waals surface area (Å²) >= 11 is 0. The largest absolute Gasteiger partial charge is 0.390 e. The minimum atomic E-state index is -0.414. The standard InChI is InChI=1S/C33H60O3/c1-25(2)11-9-12-26(3)19-23-35-32(6,7)21-10-13-27(4)20-24-36-33(8)22-18-29-15-16-30(29)28(5)14-17-31(33)34/h11,26-27,29-31,34H,5,9-10,12-24H2,1-4,6-8H3/t26?,27?,29-,30-,31?,33+/m0/s1. The average Bonchev–Trinajstić information content (AvgIpc) is 2.78. The number of aliphatic hydroxyl groups excluding tert-OH is 1. The Labute approximate surface area is 224 Å². The minimum absolute atomic E-state index is 0.0474. The molecule has 0 saturated heterocycles. The van der Waals surface area contributed by atoms with Crippen LogP contribution >= 0.6 is 0 Å². The van der Waals surface area contributed by atoms with E-state index in [0.717, 1.165) is 64.1 Å². The predicted molar refractivity (Wildman–Crippen MR) is 154 cm³/mol. The van der Waals surface area contributed by atoms with Crippen molar-refractivity contribution < 1.29 is 14.6 Å². The summed E-state index contributed by atoms with van der Waals surface area (Å²) in [5.41, 5.74) is 2.32. The van der Waals surface area contributed by atoms with Crippen molar-refractivity contribution in [3.8, 4) is 0 Å². The molecule has 0 aliphatic heterocycles. The molecule has 0 aromatic heterocycles. The van der Waals surface area contributed by atoms with Crippen LogP contribution in [0, 0.1) is 23.7 Å². The van der Waals surface area contributed by atoms with Crippen LogP contribution in [0.25, 0.3) is 0 Å². The lowest BCUT2D eigenvalue weighted by Gasteiger charge is -2.39. The number of hydrogen-bond donors (Lipinski definition) is 1. The topological polar surface area (TPSA) is 38.7 Å². The van der Waals surface area contributed by atoms with E-state index in [1.165, 1.54) is 49.7 Å². The first-order chi connectivity index (χ1) is 16.9. The van der Waals surface area contributed by atoms with Crippen LogP contribution in [0.4, 0.5) is 0 Å². The van der Waals surface area contributed by atoms with Crippen molar-refractivity contribution in [3.63, 3.8) is 0 Å². The monoisotopic (exact) mass is 504 g/mol. The molecule has 0 bridgehead atoms. The van der Waals surface area contributed by atoms with Gasteiger partial charge in [-0.25, -0.2) is 0 Å². The van der Waals surface area contributed by atoms with Crippen LogP contribution in [0.2, 0.25) is 0 Å². The second-order valence-corrected chi connectivity index (χ2v) is 13.5. The number of rotatable bonds is 15. The number of hydrogen-bond acceptors (Lipinski definition) is 3. The lowest BCUT2D eigenvalue weighted by molar-refractivity contribution is -0.124. The van der Waals surface area contributed by atoms with Gasteiger partial charge in [0, 0.05) is 13.2 Å². The van der Waals surface area contributed by atoms with Gasteiger partial charge in [-0.3, -0.25) is 0 Å². The first-order valence-electron chi connectivity index (χ1n) is 15.2. The smallest absolute Gasteiger partial charge is 0.0912 e. The highest BCUT2D eigenvalue weighted by Gasteiger charge is 2.40. The number of allylic oxidation sites excluding steroid dienone is 3. The van der Waals surface area contributed by atoms with Gasteiger partial charge in [-0.15, -0.1) is 0 Å². The molecule has 0 spiro atoms. The quantitative estimate of drug-likeness (QED) is 0.226. The molecule has 2 fully saturated rings. The normalized spacial score (nSPS) is 28.8. The third-order valence-electron chi connectivity index (χ3n) is 9.23. The Balaban J connectivity index is 1.62. The van der Waals surface area contributed by atoms with Gasteiger partial charge in [0.1, 0.15) is 0 Å². The summed E-state index contributed by atoms with van der Waals surface area (Å²) in [6, 6.07) is 0. The zero-order valence-electron chi connectivity index (χ0n) is 25.0. The second-order valence-electron chi connectivity index (χ2n) is 13.5. The van der Waals surface area contributed by atoms with E-state index >= 15 is 0 Å². The molecule has 0 aromatic carbocycles. The van der Waals surface area contributed by atoms with Gasteiger partial charge in [0.15, 0.2) is 0 Å². The van der Waals surface area contributed by atoms with E-state index in [4.69, 9.17) is 9.47 Å². The van der Waals surface area contributed by atoms with Gasteiger partial charge < -0.3 is 14.6 Å². The summed E-state index contributed by atoms with van der Waals surface area (Å²) in [6.07, 6.45) is 16.6. The molecule has 2 aliphatic carbocycles. The molecule has 3 heteroatoms. The van der Waals surface area contributed by atoms with E-state index in [9.17, 15) is 5.11 Å². The SMILES string of the molecule is C=C1CCC(O)[C@](C)(OCCC(C)CCCC(C)(C)OCCC(C)CCC=C(C)C)CC[C@@H]2CC[C@@H]12. The van der Waals surface area contributed by atoms with Crippen LogP contribution in [-0.2, 0) is 9.47 Å². The van der Waals surface area contributed by atoms with Gasteiger partial charge in [-0.1, -0.05) is 50.5 Å². The maximum Gasteiger partial charge on any atom is 0.0912 e. The first kappa shape index (κ1) is 31.6. The Kier molecular flexibility index (Phi) is 13.2. The van der Waals surface area contributed by atoms with Crippen molar-refractivity contribution in [2.75, 3.05) is 13.2 Å². The van der Waals surface area contributed by atoms with Gasteiger partial charge in [-0.05, 0) is 129 Å². The number of ether oxygens (including phenoxy) is 2. The molecule has 0 aromatic rings. The molecule has 2 aliphatic rings. The molecule has 6 atom stereocenters. The molecule has 0 amide bonds. The highest BCUT2D eigenvalue weighted by Crippen LogP contribution is 2.46. The molecule has 0 radical (unpaired) electrons. The summed E-state index contributed by atoms with van der Waals surface area (Å²) < 4.78 is 12.7. The van der Waals surface area contributed by atoms with Gasteiger partial charge in [0.25, 0.3) is 0 Å². The molecule has 2 saturated carbocycles. The Morgan fingerprint density at radius 3 is 2.42 bits per heavy atom. The summed E-state index contributed by atoms with van der Waals surface area (Å²) in [6.45, 7) is 21.6. The van der Waals surface area contributed by atoms with E-state index in [1.807, 2.05) is 0 Å². The van der Waals surface area contributed by atoms with Gasteiger partial charge in [0.2, 0.25) is 0 Å². The molecule has 210 valence electrons. The molecule has 1 N–H and O–H groups in total. The van der Waals surface area contributed by atoms with Gasteiger partial charge in [-0.2, -0.15) is 0 Å². The second kappa shape index (κ2) is 15.1. The Morgan fingerprint density at radius 2 is 1.75 bits per heavy atom. The number of fused-ring (bicyclic) bond motifs is 1. The van der Waals surface area contributed by atoms with Crippen LogP contribution in [0.3, 0.4) is 0 Å². The molecule has 2 rings (SSSR count). The predicted octanol–water partition coefficient (Wildman–Crippen LogP) is 9.04. The van der Waals surface area contributed by atoms with Crippen molar-refractivity contribution in [2.45, 2.75) is 149 Å². The Hall–Kier alpha value is -0.640. The lowest BCUT2D eigenvalue weighted by atomic mass is 9.67. The summed E-state index contributed by atoms with van der Waals surface area (Å²) in [5.74, 6) is 2.81. The summed E-state index contributed by atoms with van der Waals surface area (Å²) in [5, 5.41) is 11.0. The maximum absolute atomic E-state index is 11.0. The van der Waals surface area contributed by atoms with Crippen LogP contribution < -0.4 is 0 Å². The van der Waals surface area contributed by atoms with E-state index in [-0.39, 0.29) is 5.60 Å². The van der Waals surface area contributed by atoms with Gasteiger partial charge in [0.05, 0.1) is 17.3 Å². The Bertz CT molecular complexity index is 676. The van der Waals surface area contributed by atoms with Crippen molar-refractivity contribution in [2.24, 2.45) is 23.7 Å². The number of aliphatic hydroxyl groups is 1. The third-order valence-corrected chi connectivity index (χ3v) is 9.23. The zero-order valence-corrected chi connectivity index (χ0v) is 25.0. The molecule has 3 unspecified atom stereocenters. The van der Waals surface area contributed by atoms with Crippen LogP contribution in [0.5, 0.6) is 0 Å². The highest BCUT2D eigenvalue weighted by atomic mass is 16.5. The van der Waals surface area contributed by atoms with Crippen LogP contribution in [0.15, 0.2) is 23.8 Å². The fourth-order valence-electron chi connectivity index (χ4n) is 6.00. The van der Waals surface area contributed by atoms with E-state index in [2.05, 4.69) is 61.1 Å².